The van der Waals surface area contributed by atoms with E-state index in [-0.39, 0.29) is 0 Å². The van der Waals surface area contributed by atoms with E-state index in [9.17, 15) is 0 Å². The van der Waals surface area contributed by atoms with E-state index in [1.807, 2.05) is 6.07 Å². The first kappa shape index (κ1) is 16.9. The van der Waals surface area contributed by atoms with Crippen molar-refractivity contribution in [3.05, 3.63) is 73.0 Å². The van der Waals surface area contributed by atoms with Gasteiger partial charge in [0.15, 0.2) is 0 Å². The van der Waals surface area contributed by atoms with Gasteiger partial charge in [0.05, 0.1) is 27.0 Å². The van der Waals surface area contributed by atoms with Gasteiger partial charge in [0, 0.05) is 22.0 Å². The fraction of sp³-hybridized carbons (Fsp3) is 0.0625. The fourth-order valence-corrected chi connectivity index (χ4v) is 3.23. The summed E-state index contributed by atoms with van der Waals surface area (Å²) in [6.45, 7) is 0. The van der Waals surface area contributed by atoms with Crippen molar-refractivity contribution in [2.75, 3.05) is 0 Å². The zero-order valence-electron chi connectivity index (χ0n) is 11.5. The number of rotatable bonds is 3. The zero-order valence-corrected chi connectivity index (χ0v) is 15.3. The summed E-state index contributed by atoms with van der Waals surface area (Å²) in [5, 5.41) is 2.33. The maximum atomic E-state index is 6.19. The number of imidazole rings is 1. The van der Waals surface area contributed by atoms with Crippen LogP contribution in [0.1, 0.15) is 11.4 Å². The van der Waals surface area contributed by atoms with Gasteiger partial charge in [-0.25, -0.2) is 4.98 Å². The number of aromatic amines is 1. The molecule has 23 heavy (non-hydrogen) atoms. The Morgan fingerprint density at radius 3 is 2.22 bits per heavy atom. The third-order valence-electron chi connectivity index (χ3n) is 3.30. The maximum absolute atomic E-state index is 6.19. The maximum Gasteiger partial charge on any atom is 0.110 e. The molecule has 0 bridgehead atoms. The molecular formula is C16H9Cl5N2. The van der Waals surface area contributed by atoms with E-state index in [0.29, 0.717) is 31.5 Å². The van der Waals surface area contributed by atoms with Gasteiger partial charge in [-0.1, -0.05) is 64.1 Å². The summed E-state index contributed by atoms with van der Waals surface area (Å²) >= 11 is 30.2. The van der Waals surface area contributed by atoms with Gasteiger partial charge in [-0.15, -0.1) is 0 Å². The standard InChI is InChI=1S/C16H9Cl5N2/c17-10-2-1-8(11(18)6-10)5-15-22-7-14(23-15)9-3-12(19)16(21)13(20)4-9/h1-4,6-7H,5H2,(H,22,23). The van der Waals surface area contributed by atoms with Crippen LogP contribution in [0.2, 0.25) is 25.1 Å². The molecule has 1 aromatic heterocycles. The number of nitrogens with zero attached hydrogens (tertiary/aromatic N) is 1. The van der Waals surface area contributed by atoms with Crippen LogP contribution in [0.4, 0.5) is 0 Å². The second-order valence-electron chi connectivity index (χ2n) is 4.91. The first-order valence-corrected chi connectivity index (χ1v) is 8.46. The second-order valence-corrected chi connectivity index (χ2v) is 6.95. The van der Waals surface area contributed by atoms with Gasteiger partial charge >= 0.3 is 0 Å². The van der Waals surface area contributed by atoms with Crippen LogP contribution < -0.4 is 0 Å². The highest BCUT2D eigenvalue weighted by Gasteiger charge is 2.11. The van der Waals surface area contributed by atoms with Gasteiger partial charge in [-0.2, -0.15) is 0 Å². The Morgan fingerprint density at radius 2 is 1.57 bits per heavy atom. The lowest BCUT2D eigenvalue weighted by molar-refractivity contribution is 1.03. The number of aromatic nitrogens is 2. The first-order chi connectivity index (χ1) is 10.9. The second kappa shape index (κ2) is 6.92. The largest absolute Gasteiger partial charge is 0.342 e. The smallest absolute Gasteiger partial charge is 0.110 e. The Kier molecular flexibility index (Phi) is 5.10. The molecule has 3 aromatic rings. The molecule has 0 atom stereocenters. The number of benzene rings is 2. The quantitative estimate of drug-likeness (QED) is 0.469. The molecule has 0 aliphatic carbocycles. The molecule has 0 saturated heterocycles. The lowest BCUT2D eigenvalue weighted by Crippen LogP contribution is -1.92. The zero-order chi connectivity index (χ0) is 16.6. The van der Waals surface area contributed by atoms with Crippen LogP contribution in [0.15, 0.2) is 36.5 Å². The molecule has 1 N–H and O–H groups in total. The number of hydrogen-bond donors (Lipinski definition) is 1. The number of halogens is 5. The Balaban J connectivity index is 1.89. The topological polar surface area (TPSA) is 28.7 Å². The summed E-state index contributed by atoms with van der Waals surface area (Å²) in [5.74, 6) is 0.770. The summed E-state index contributed by atoms with van der Waals surface area (Å²) in [6, 6.07) is 8.86. The predicted molar refractivity (Wildman–Crippen MR) is 98.3 cm³/mol. The Bertz CT molecular complexity index is 850. The average Bonchev–Trinajstić information content (AvgIpc) is 2.96. The molecule has 0 saturated carbocycles. The van der Waals surface area contributed by atoms with E-state index in [4.69, 9.17) is 58.0 Å². The molecule has 3 rings (SSSR count). The molecular weight excluding hydrogens is 397 g/mol. The lowest BCUT2D eigenvalue weighted by atomic mass is 10.1. The summed E-state index contributed by atoms with van der Waals surface area (Å²) < 4.78 is 0. The molecule has 0 unspecified atom stereocenters. The summed E-state index contributed by atoms with van der Waals surface area (Å²) in [4.78, 5) is 7.60. The first-order valence-electron chi connectivity index (χ1n) is 6.57. The van der Waals surface area contributed by atoms with Gasteiger partial charge in [-0.05, 0) is 29.8 Å². The highest BCUT2D eigenvalue weighted by atomic mass is 35.5. The van der Waals surface area contributed by atoms with Crippen LogP contribution in [-0.2, 0) is 6.42 Å². The highest BCUT2D eigenvalue weighted by molar-refractivity contribution is 6.48. The van der Waals surface area contributed by atoms with E-state index >= 15 is 0 Å². The molecule has 0 radical (unpaired) electrons. The monoisotopic (exact) mass is 404 g/mol. The van der Waals surface area contributed by atoms with Crippen LogP contribution >= 0.6 is 58.0 Å². The Hall–Kier alpha value is -0.900. The van der Waals surface area contributed by atoms with Crippen LogP contribution in [0, 0.1) is 0 Å². The summed E-state index contributed by atoms with van der Waals surface area (Å²) in [5.41, 5.74) is 2.54. The average molecular weight is 407 g/mol. The number of H-pyrrole nitrogens is 1. The van der Waals surface area contributed by atoms with Crippen molar-refractivity contribution in [3.8, 4) is 11.3 Å². The van der Waals surface area contributed by atoms with E-state index in [1.54, 1.807) is 30.5 Å². The van der Waals surface area contributed by atoms with E-state index in [1.165, 1.54) is 0 Å². The van der Waals surface area contributed by atoms with Gasteiger partial charge < -0.3 is 4.98 Å². The predicted octanol–water partition coefficient (Wildman–Crippen LogP) is 6.93. The normalized spacial score (nSPS) is 11.0. The minimum Gasteiger partial charge on any atom is -0.342 e. The molecule has 2 nitrogen and oxygen atoms in total. The molecule has 118 valence electrons. The van der Waals surface area contributed by atoms with Crippen molar-refractivity contribution < 1.29 is 0 Å². The fourth-order valence-electron chi connectivity index (χ4n) is 2.16. The summed E-state index contributed by atoms with van der Waals surface area (Å²) in [6.07, 6.45) is 2.28. The van der Waals surface area contributed by atoms with Crippen molar-refractivity contribution in [2.24, 2.45) is 0 Å². The third-order valence-corrected chi connectivity index (χ3v) is 5.08. The molecule has 0 fully saturated rings. The Labute approximate surface area is 158 Å². The van der Waals surface area contributed by atoms with Gasteiger partial charge in [0.1, 0.15) is 5.82 Å². The highest BCUT2D eigenvalue weighted by Crippen LogP contribution is 2.34. The lowest BCUT2D eigenvalue weighted by Gasteiger charge is -2.04. The van der Waals surface area contributed by atoms with Crippen molar-refractivity contribution in [3.63, 3.8) is 0 Å². The minimum atomic E-state index is 0.338. The van der Waals surface area contributed by atoms with Crippen LogP contribution in [-0.4, -0.2) is 9.97 Å². The van der Waals surface area contributed by atoms with E-state index in [2.05, 4.69) is 9.97 Å². The van der Waals surface area contributed by atoms with E-state index < -0.39 is 0 Å². The van der Waals surface area contributed by atoms with E-state index in [0.717, 1.165) is 22.6 Å². The molecule has 0 spiro atoms. The number of nitrogens with one attached hydrogen (secondary N) is 1. The van der Waals surface area contributed by atoms with Crippen LogP contribution in [0.3, 0.4) is 0 Å². The molecule has 7 heteroatoms. The van der Waals surface area contributed by atoms with Crippen molar-refractivity contribution in [1.29, 1.82) is 0 Å². The molecule has 2 aromatic carbocycles. The molecule has 0 amide bonds. The van der Waals surface area contributed by atoms with Gasteiger partial charge in [-0.3, -0.25) is 0 Å². The number of hydrogen-bond acceptors (Lipinski definition) is 1. The SMILES string of the molecule is Clc1ccc(Cc2ncc(-c3cc(Cl)c(Cl)c(Cl)c3)[nH]2)c(Cl)c1. The van der Waals surface area contributed by atoms with Gasteiger partial charge in [0.25, 0.3) is 0 Å². The molecule has 1 heterocycles. The van der Waals surface area contributed by atoms with Crippen molar-refractivity contribution >= 4 is 58.0 Å². The third kappa shape index (κ3) is 3.78. The molecule has 0 aliphatic rings. The van der Waals surface area contributed by atoms with Crippen molar-refractivity contribution in [1.82, 2.24) is 9.97 Å². The Morgan fingerprint density at radius 1 is 0.870 bits per heavy atom. The van der Waals surface area contributed by atoms with Crippen molar-refractivity contribution in [2.45, 2.75) is 6.42 Å². The van der Waals surface area contributed by atoms with Crippen LogP contribution in [0.25, 0.3) is 11.3 Å². The molecule has 0 aliphatic heterocycles. The summed E-state index contributed by atoms with van der Waals surface area (Å²) in [7, 11) is 0. The van der Waals surface area contributed by atoms with Gasteiger partial charge in [0.2, 0.25) is 0 Å². The van der Waals surface area contributed by atoms with Crippen LogP contribution in [0.5, 0.6) is 0 Å². The minimum absolute atomic E-state index is 0.338.